The summed E-state index contributed by atoms with van der Waals surface area (Å²) in [4.78, 5) is 29.5. The largest absolute Gasteiger partial charge is 0.484 e. The summed E-state index contributed by atoms with van der Waals surface area (Å²) in [5, 5.41) is 5.87. The van der Waals surface area contributed by atoms with Gasteiger partial charge in [-0.3, -0.25) is 14.6 Å². The maximum Gasteiger partial charge on any atom is 0.417 e. The molecule has 0 spiro atoms. The van der Waals surface area contributed by atoms with Gasteiger partial charge in [0.15, 0.2) is 6.61 Å². The third-order valence-corrected chi connectivity index (χ3v) is 7.75. The highest BCUT2D eigenvalue weighted by atomic mass is 35.5. The Morgan fingerprint density at radius 3 is 2.47 bits per heavy atom. The van der Waals surface area contributed by atoms with Crippen LogP contribution in [0, 0.1) is 17.2 Å². The fraction of sp³-hybridized carbons (Fsp3) is 0.480. The first kappa shape index (κ1) is 26.2. The molecule has 1 aromatic carbocycles. The number of pyridine rings is 1. The standard InChI is InChI=1S/C25H26ClF4N3O3/c1-15-11-23(33-21(34)14-36-18-4-5-19(26)20(27)10-18)6-8-24(15,9-7-23)22(35)32-13-17-3-2-16(12-31-17)25(28,29)30/h2-5,10,12,15H,6-9,11,13-14H2,1H3,(H,32,35)(H,33,34)/t15-,23?,24?/m0/s1. The first-order chi connectivity index (χ1) is 16.9. The number of hydrogen-bond acceptors (Lipinski definition) is 4. The highest BCUT2D eigenvalue weighted by Gasteiger charge is 2.56. The molecule has 194 valence electrons. The second-order valence-corrected chi connectivity index (χ2v) is 10.1. The Balaban J connectivity index is 1.30. The SMILES string of the molecule is C[C@H]1CC2(NC(=O)COc3ccc(Cl)c(F)c3)CCC1(C(=O)NCc1ccc(C(F)(F)F)cn1)CC2. The van der Waals surface area contributed by atoms with E-state index in [4.69, 9.17) is 16.3 Å². The number of alkyl halides is 3. The van der Waals surface area contributed by atoms with Gasteiger partial charge in [0.05, 0.1) is 28.2 Å². The van der Waals surface area contributed by atoms with E-state index in [2.05, 4.69) is 15.6 Å². The lowest BCUT2D eigenvalue weighted by atomic mass is 9.52. The third kappa shape index (κ3) is 5.43. The summed E-state index contributed by atoms with van der Waals surface area (Å²) in [6.07, 6.45) is -0.716. The highest BCUT2D eigenvalue weighted by Crippen LogP contribution is 2.55. The number of hydrogen-bond donors (Lipinski definition) is 2. The van der Waals surface area contributed by atoms with E-state index in [-0.39, 0.29) is 41.7 Å². The number of aromatic nitrogens is 1. The first-order valence-corrected chi connectivity index (χ1v) is 12.0. The lowest BCUT2D eigenvalue weighted by molar-refractivity contribution is -0.146. The van der Waals surface area contributed by atoms with Crippen LogP contribution in [-0.4, -0.2) is 28.9 Å². The van der Waals surface area contributed by atoms with E-state index in [1.54, 1.807) is 0 Å². The molecule has 0 saturated heterocycles. The van der Waals surface area contributed by atoms with E-state index < -0.39 is 28.5 Å². The zero-order valence-electron chi connectivity index (χ0n) is 19.6. The molecule has 1 atom stereocenters. The summed E-state index contributed by atoms with van der Waals surface area (Å²) >= 11 is 5.65. The molecule has 0 aliphatic heterocycles. The molecule has 0 unspecified atom stereocenters. The molecular formula is C25H26ClF4N3O3. The number of rotatable bonds is 7. The number of ether oxygens (including phenoxy) is 1. The fourth-order valence-corrected chi connectivity index (χ4v) is 5.49. The Morgan fingerprint density at radius 1 is 1.17 bits per heavy atom. The van der Waals surface area contributed by atoms with E-state index in [9.17, 15) is 27.2 Å². The second-order valence-electron chi connectivity index (χ2n) is 9.67. The number of nitrogens with one attached hydrogen (secondary N) is 2. The van der Waals surface area contributed by atoms with Crippen molar-refractivity contribution < 1.29 is 31.9 Å². The summed E-state index contributed by atoms with van der Waals surface area (Å²) < 4.78 is 57.1. The predicted molar refractivity (Wildman–Crippen MR) is 124 cm³/mol. The Hall–Kier alpha value is -2.88. The van der Waals surface area contributed by atoms with Crippen molar-refractivity contribution in [3.63, 3.8) is 0 Å². The fourth-order valence-electron chi connectivity index (χ4n) is 5.37. The third-order valence-electron chi connectivity index (χ3n) is 7.44. The quantitative estimate of drug-likeness (QED) is 0.494. The Bertz CT molecular complexity index is 1130. The van der Waals surface area contributed by atoms with Crippen LogP contribution in [0.25, 0.3) is 0 Å². The molecule has 11 heteroatoms. The number of amides is 2. The van der Waals surface area contributed by atoms with E-state index in [0.717, 1.165) is 18.3 Å². The van der Waals surface area contributed by atoms with Gasteiger partial charge in [0.1, 0.15) is 11.6 Å². The molecule has 3 aliphatic carbocycles. The van der Waals surface area contributed by atoms with Crippen LogP contribution in [0.2, 0.25) is 5.02 Å². The molecule has 2 amide bonds. The van der Waals surface area contributed by atoms with E-state index in [1.807, 2.05) is 6.92 Å². The van der Waals surface area contributed by atoms with Gasteiger partial charge < -0.3 is 15.4 Å². The van der Waals surface area contributed by atoms with Crippen molar-refractivity contribution in [1.29, 1.82) is 0 Å². The number of fused-ring (bicyclic) bond motifs is 3. The molecule has 0 radical (unpaired) electrons. The summed E-state index contributed by atoms with van der Waals surface area (Å²) in [7, 11) is 0. The smallest absolute Gasteiger partial charge is 0.417 e. The average molecular weight is 528 g/mol. The average Bonchev–Trinajstić information content (AvgIpc) is 2.83. The Labute approximate surface area is 210 Å². The number of benzene rings is 1. The molecule has 2 aromatic rings. The molecular weight excluding hydrogens is 502 g/mol. The van der Waals surface area contributed by atoms with Crippen LogP contribution in [0.4, 0.5) is 17.6 Å². The molecule has 1 heterocycles. The maximum absolute atomic E-state index is 13.6. The minimum Gasteiger partial charge on any atom is -0.484 e. The van der Waals surface area contributed by atoms with Crippen molar-refractivity contribution in [2.75, 3.05) is 6.61 Å². The van der Waals surface area contributed by atoms with Crippen LogP contribution >= 0.6 is 11.6 Å². The van der Waals surface area contributed by atoms with Crippen molar-refractivity contribution in [2.24, 2.45) is 11.3 Å². The number of carbonyl (C=O) groups is 2. The van der Waals surface area contributed by atoms with Crippen molar-refractivity contribution in [3.05, 3.63) is 58.6 Å². The van der Waals surface area contributed by atoms with E-state index in [0.29, 0.717) is 37.8 Å². The van der Waals surface area contributed by atoms with Crippen LogP contribution in [0.5, 0.6) is 5.75 Å². The molecule has 2 N–H and O–H groups in total. The second kappa shape index (κ2) is 9.88. The van der Waals surface area contributed by atoms with Gasteiger partial charge in [-0.2, -0.15) is 13.2 Å². The summed E-state index contributed by atoms with van der Waals surface area (Å²) in [6.45, 7) is 1.74. The van der Waals surface area contributed by atoms with Gasteiger partial charge in [0, 0.05) is 17.8 Å². The Kier molecular flexibility index (Phi) is 7.19. The maximum atomic E-state index is 13.6. The van der Waals surface area contributed by atoms with Crippen LogP contribution in [-0.2, 0) is 22.3 Å². The molecule has 3 saturated carbocycles. The zero-order valence-corrected chi connectivity index (χ0v) is 20.3. The lowest BCUT2D eigenvalue weighted by Crippen LogP contribution is -2.63. The van der Waals surface area contributed by atoms with Crippen LogP contribution in [0.1, 0.15) is 50.3 Å². The Morgan fingerprint density at radius 2 is 1.89 bits per heavy atom. The molecule has 5 rings (SSSR count). The number of nitrogens with zero attached hydrogens (tertiary/aromatic N) is 1. The zero-order chi connectivity index (χ0) is 26.1. The van der Waals surface area contributed by atoms with Crippen molar-refractivity contribution in [3.8, 4) is 5.75 Å². The monoisotopic (exact) mass is 527 g/mol. The summed E-state index contributed by atoms with van der Waals surface area (Å²) in [5.74, 6) is -0.935. The summed E-state index contributed by atoms with van der Waals surface area (Å²) in [5.41, 5.74) is -1.54. The van der Waals surface area contributed by atoms with E-state index >= 15 is 0 Å². The van der Waals surface area contributed by atoms with Gasteiger partial charge in [0.25, 0.3) is 5.91 Å². The summed E-state index contributed by atoms with van der Waals surface area (Å²) in [6, 6.07) is 6.15. The first-order valence-electron chi connectivity index (χ1n) is 11.6. The van der Waals surface area contributed by atoms with Gasteiger partial charge in [-0.05, 0) is 62.3 Å². The molecule has 6 nitrogen and oxygen atoms in total. The van der Waals surface area contributed by atoms with Crippen molar-refractivity contribution >= 4 is 23.4 Å². The topological polar surface area (TPSA) is 80.3 Å². The minimum atomic E-state index is -4.46. The van der Waals surface area contributed by atoms with E-state index in [1.165, 1.54) is 18.2 Å². The van der Waals surface area contributed by atoms with Gasteiger partial charge in [-0.15, -0.1) is 0 Å². The normalized spacial score (nSPS) is 25.3. The predicted octanol–water partition coefficient (Wildman–Crippen LogP) is 5.04. The van der Waals surface area contributed by atoms with Gasteiger partial charge in [-0.25, -0.2) is 4.39 Å². The molecule has 1 aromatic heterocycles. The molecule has 3 fully saturated rings. The molecule has 36 heavy (non-hydrogen) atoms. The number of carbonyl (C=O) groups excluding carboxylic acids is 2. The molecule has 2 bridgehead atoms. The lowest BCUT2D eigenvalue weighted by Gasteiger charge is -2.56. The van der Waals surface area contributed by atoms with Crippen LogP contribution in [0.3, 0.4) is 0 Å². The van der Waals surface area contributed by atoms with Crippen molar-refractivity contribution in [1.82, 2.24) is 15.6 Å². The van der Waals surface area contributed by atoms with Gasteiger partial charge in [-0.1, -0.05) is 18.5 Å². The number of halogens is 5. The van der Waals surface area contributed by atoms with Crippen LogP contribution < -0.4 is 15.4 Å². The van der Waals surface area contributed by atoms with Crippen molar-refractivity contribution in [2.45, 2.75) is 57.3 Å². The molecule has 3 aliphatic rings. The van der Waals surface area contributed by atoms with Gasteiger partial charge in [0.2, 0.25) is 5.91 Å². The highest BCUT2D eigenvalue weighted by molar-refractivity contribution is 6.30. The van der Waals surface area contributed by atoms with Gasteiger partial charge >= 0.3 is 6.18 Å². The van der Waals surface area contributed by atoms with Crippen LogP contribution in [0.15, 0.2) is 36.5 Å². The minimum absolute atomic E-state index is 0.0212.